The molecule has 0 heterocycles. The summed E-state index contributed by atoms with van der Waals surface area (Å²) in [7, 11) is 0. The molecule has 5 heteroatoms. The van der Waals surface area contributed by atoms with Gasteiger partial charge in [0.2, 0.25) is 0 Å². The van der Waals surface area contributed by atoms with Crippen molar-refractivity contribution in [1.29, 1.82) is 0 Å². The minimum Gasteiger partial charge on any atom is -0.508 e. The number of aromatic hydroxyl groups is 1. The molecular formula is C7H4F3IO. The van der Waals surface area contributed by atoms with Gasteiger partial charge in [0.25, 0.3) is 0 Å². The largest absolute Gasteiger partial charge is 0.508 e. The van der Waals surface area contributed by atoms with Gasteiger partial charge in [0.1, 0.15) is 5.75 Å². The van der Waals surface area contributed by atoms with Gasteiger partial charge in [-0.05, 0) is 40.8 Å². The van der Waals surface area contributed by atoms with Crippen LogP contribution in [-0.2, 0) is 6.18 Å². The highest BCUT2D eigenvalue weighted by atomic mass is 127. The molecule has 0 radical (unpaired) electrons. The van der Waals surface area contributed by atoms with E-state index < -0.39 is 11.7 Å². The lowest BCUT2D eigenvalue weighted by atomic mass is 10.2. The molecule has 0 aliphatic rings. The van der Waals surface area contributed by atoms with Crippen LogP contribution in [0.25, 0.3) is 0 Å². The molecule has 0 aliphatic carbocycles. The van der Waals surface area contributed by atoms with Gasteiger partial charge in [0.05, 0.1) is 5.56 Å². The third-order valence-electron chi connectivity index (χ3n) is 1.26. The average molecular weight is 288 g/mol. The lowest BCUT2D eigenvalue weighted by Gasteiger charge is -2.08. The average Bonchev–Trinajstić information content (AvgIpc) is 1.83. The van der Waals surface area contributed by atoms with Gasteiger partial charge in [-0.3, -0.25) is 0 Å². The number of alkyl halides is 3. The molecule has 66 valence electrons. The Morgan fingerprint density at radius 3 is 2.25 bits per heavy atom. The Morgan fingerprint density at radius 2 is 1.83 bits per heavy atom. The maximum absolute atomic E-state index is 12.1. The molecule has 1 rings (SSSR count). The van der Waals surface area contributed by atoms with Crippen LogP contribution in [-0.4, -0.2) is 5.11 Å². The lowest BCUT2D eigenvalue weighted by molar-refractivity contribution is -0.138. The fourth-order valence-corrected chi connectivity index (χ4v) is 1.54. The highest BCUT2D eigenvalue weighted by Crippen LogP contribution is 2.33. The molecule has 0 saturated heterocycles. The Bertz CT molecular complexity index is 295. The van der Waals surface area contributed by atoms with Crippen LogP contribution >= 0.6 is 22.6 Å². The first-order valence-corrected chi connectivity index (χ1v) is 4.05. The van der Waals surface area contributed by atoms with Crippen molar-refractivity contribution in [1.82, 2.24) is 0 Å². The van der Waals surface area contributed by atoms with Gasteiger partial charge in [-0.2, -0.15) is 13.2 Å². The molecule has 1 N–H and O–H groups in total. The zero-order valence-electron chi connectivity index (χ0n) is 5.69. The number of hydrogen-bond donors (Lipinski definition) is 1. The zero-order valence-corrected chi connectivity index (χ0v) is 7.85. The predicted molar refractivity (Wildman–Crippen MR) is 45.8 cm³/mol. The van der Waals surface area contributed by atoms with Crippen LogP contribution < -0.4 is 0 Å². The van der Waals surface area contributed by atoms with Crippen molar-refractivity contribution in [3.05, 3.63) is 27.3 Å². The summed E-state index contributed by atoms with van der Waals surface area (Å²) in [6.45, 7) is 0. The summed E-state index contributed by atoms with van der Waals surface area (Å²) in [6, 6.07) is 2.95. The van der Waals surface area contributed by atoms with Crippen molar-refractivity contribution in [3.8, 4) is 5.75 Å². The fourth-order valence-electron chi connectivity index (χ4n) is 0.734. The summed E-state index contributed by atoms with van der Waals surface area (Å²) in [5.41, 5.74) is -0.721. The number of hydrogen-bond acceptors (Lipinski definition) is 1. The Hall–Kier alpha value is -0.460. The molecule has 0 spiro atoms. The monoisotopic (exact) mass is 288 g/mol. The minimum absolute atomic E-state index is 0.0000926. The zero-order chi connectivity index (χ0) is 9.35. The SMILES string of the molecule is Oc1ccc(C(F)(F)F)c(I)c1. The van der Waals surface area contributed by atoms with Gasteiger partial charge >= 0.3 is 6.18 Å². The van der Waals surface area contributed by atoms with Crippen molar-refractivity contribution in [2.24, 2.45) is 0 Å². The minimum atomic E-state index is -4.34. The molecule has 0 fully saturated rings. The predicted octanol–water partition coefficient (Wildman–Crippen LogP) is 3.02. The van der Waals surface area contributed by atoms with Crippen LogP contribution in [0.5, 0.6) is 5.75 Å². The summed E-state index contributed by atoms with van der Waals surface area (Å²) in [6.07, 6.45) is -4.34. The molecule has 0 unspecified atom stereocenters. The summed E-state index contributed by atoms with van der Waals surface area (Å²) in [5, 5.41) is 8.83. The molecule has 0 bridgehead atoms. The molecular weight excluding hydrogens is 284 g/mol. The van der Waals surface area contributed by atoms with Crippen LogP contribution in [0.2, 0.25) is 0 Å². The van der Waals surface area contributed by atoms with Gasteiger partial charge in [-0.15, -0.1) is 0 Å². The normalized spacial score (nSPS) is 11.7. The molecule has 0 amide bonds. The van der Waals surface area contributed by atoms with Gasteiger partial charge in [-0.25, -0.2) is 0 Å². The quantitative estimate of drug-likeness (QED) is 0.728. The van der Waals surface area contributed by atoms with Gasteiger partial charge in [0, 0.05) is 3.57 Å². The summed E-state index contributed by atoms with van der Waals surface area (Å²) in [4.78, 5) is 0. The van der Waals surface area contributed by atoms with Crippen molar-refractivity contribution in [2.75, 3.05) is 0 Å². The molecule has 1 aromatic rings. The molecule has 1 aromatic carbocycles. The van der Waals surface area contributed by atoms with Crippen molar-refractivity contribution in [2.45, 2.75) is 6.18 Å². The van der Waals surface area contributed by atoms with Crippen molar-refractivity contribution < 1.29 is 18.3 Å². The Labute approximate surface area is 80.3 Å². The maximum Gasteiger partial charge on any atom is 0.417 e. The Morgan fingerprint density at radius 1 is 1.25 bits per heavy atom. The molecule has 1 nitrogen and oxygen atoms in total. The highest BCUT2D eigenvalue weighted by molar-refractivity contribution is 14.1. The van der Waals surface area contributed by atoms with Gasteiger partial charge in [-0.1, -0.05) is 0 Å². The second kappa shape index (κ2) is 3.12. The van der Waals surface area contributed by atoms with Gasteiger partial charge < -0.3 is 5.11 Å². The molecule has 0 atom stereocenters. The van der Waals surface area contributed by atoms with Crippen LogP contribution in [0.4, 0.5) is 13.2 Å². The molecule has 0 saturated carbocycles. The highest BCUT2D eigenvalue weighted by Gasteiger charge is 2.32. The first-order valence-electron chi connectivity index (χ1n) is 2.97. The molecule has 0 aromatic heterocycles. The first-order chi connectivity index (χ1) is 5.41. The standard InChI is InChI=1S/C7H4F3IO/c8-7(9,10)5-2-1-4(12)3-6(5)11/h1-3,12H. The lowest BCUT2D eigenvalue weighted by Crippen LogP contribution is -2.06. The first kappa shape index (κ1) is 9.63. The van der Waals surface area contributed by atoms with E-state index in [1.165, 1.54) is 22.6 Å². The van der Waals surface area contributed by atoms with E-state index in [-0.39, 0.29) is 9.32 Å². The van der Waals surface area contributed by atoms with E-state index in [0.29, 0.717) is 0 Å². The van der Waals surface area contributed by atoms with Crippen molar-refractivity contribution in [3.63, 3.8) is 0 Å². The third-order valence-corrected chi connectivity index (χ3v) is 2.15. The second-order valence-electron chi connectivity index (χ2n) is 2.16. The topological polar surface area (TPSA) is 20.2 Å². The molecule has 12 heavy (non-hydrogen) atoms. The second-order valence-corrected chi connectivity index (χ2v) is 3.32. The van der Waals surface area contributed by atoms with E-state index in [1.807, 2.05) is 0 Å². The fraction of sp³-hybridized carbons (Fsp3) is 0.143. The summed E-state index contributed by atoms with van der Waals surface area (Å²) in [5.74, 6) is -0.160. The maximum atomic E-state index is 12.1. The van der Waals surface area contributed by atoms with Gasteiger partial charge in [0.15, 0.2) is 0 Å². The number of phenolic OH excluding ortho intramolecular Hbond substituents is 1. The number of phenols is 1. The van der Waals surface area contributed by atoms with Crippen molar-refractivity contribution >= 4 is 22.6 Å². The van der Waals surface area contributed by atoms with Crippen LogP contribution in [0.3, 0.4) is 0 Å². The van der Waals surface area contributed by atoms with Crippen LogP contribution in [0.1, 0.15) is 5.56 Å². The van der Waals surface area contributed by atoms with E-state index in [2.05, 4.69) is 0 Å². The number of benzene rings is 1. The van der Waals surface area contributed by atoms with Crippen LogP contribution in [0, 0.1) is 3.57 Å². The van der Waals surface area contributed by atoms with Crippen LogP contribution in [0.15, 0.2) is 18.2 Å². The Kier molecular flexibility index (Phi) is 2.50. The van der Waals surface area contributed by atoms with E-state index in [4.69, 9.17) is 5.11 Å². The summed E-state index contributed by atoms with van der Waals surface area (Å²) < 4.78 is 36.3. The third kappa shape index (κ3) is 2.02. The number of rotatable bonds is 0. The van der Waals surface area contributed by atoms with E-state index in [1.54, 1.807) is 0 Å². The molecule has 0 aliphatic heterocycles. The smallest absolute Gasteiger partial charge is 0.417 e. The summed E-state index contributed by atoms with van der Waals surface area (Å²) >= 11 is 1.53. The Balaban J connectivity index is 3.19. The van der Waals surface area contributed by atoms with E-state index >= 15 is 0 Å². The van der Waals surface area contributed by atoms with E-state index in [9.17, 15) is 13.2 Å². The number of halogens is 4. The van der Waals surface area contributed by atoms with E-state index in [0.717, 1.165) is 18.2 Å².